The van der Waals surface area contributed by atoms with Crippen molar-refractivity contribution in [3.05, 3.63) is 23.2 Å². The van der Waals surface area contributed by atoms with Crippen LogP contribution in [-0.2, 0) is 14.3 Å². The predicted octanol–water partition coefficient (Wildman–Crippen LogP) is 5.31. The zero-order valence-corrected chi connectivity index (χ0v) is 18.4. The molecule has 0 aliphatic carbocycles. The van der Waals surface area contributed by atoms with E-state index in [-0.39, 0.29) is 11.5 Å². The van der Waals surface area contributed by atoms with Gasteiger partial charge in [0.05, 0.1) is 17.2 Å². The molecule has 1 amide bonds. The molecule has 0 fully saturated rings. The van der Waals surface area contributed by atoms with Crippen molar-refractivity contribution in [1.82, 2.24) is 0 Å². The molecule has 1 rings (SSSR count). The molecule has 0 unspecified atom stereocenters. The molecule has 0 aliphatic rings. The second-order valence-electron chi connectivity index (χ2n) is 7.92. The van der Waals surface area contributed by atoms with Crippen molar-refractivity contribution in [2.45, 2.75) is 65.6 Å². The third-order valence-corrected chi connectivity index (χ3v) is 4.74. The SMILES string of the molecule is CCO[C@](C)(CC(C)C)C(=O)Nc1ccc(OCCC(C)(C)OC)c(Cl)c1. The molecule has 1 N–H and O–H groups in total. The number of methoxy groups -OCH3 is 1. The minimum Gasteiger partial charge on any atom is -0.492 e. The van der Waals surface area contributed by atoms with Crippen LogP contribution in [0.2, 0.25) is 5.02 Å². The molecule has 0 bridgehead atoms. The minimum absolute atomic E-state index is 0.176. The van der Waals surface area contributed by atoms with E-state index in [1.165, 1.54) is 0 Å². The highest BCUT2D eigenvalue weighted by molar-refractivity contribution is 6.32. The van der Waals surface area contributed by atoms with Gasteiger partial charge in [-0.3, -0.25) is 4.79 Å². The molecule has 0 saturated heterocycles. The van der Waals surface area contributed by atoms with Gasteiger partial charge in [-0.25, -0.2) is 0 Å². The third-order valence-electron chi connectivity index (χ3n) is 4.45. The first-order valence-corrected chi connectivity index (χ1v) is 9.83. The fourth-order valence-electron chi connectivity index (χ4n) is 2.78. The quantitative estimate of drug-likeness (QED) is 0.547. The van der Waals surface area contributed by atoms with Gasteiger partial charge in [-0.2, -0.15) is 0 Å². The maximum absolute atomic E-state index is 12.7. The number of benzene rings is 1. The van der Waals surface area contributed by atoms with Gasteiger partial charge in [0, 0.05) is 25.8 Å². The largest absolute Gasteiger partial charge is 0.492 e. The van der Waals surface area contributed by atoms with Gasteiger partial charge in [0.25, 0.3) is 5.91 Å². The number of ether oxygens (including phenoxy) is 3. The summed E-state index contributed by atoms with van der Waals surface area (Å²) in [5, 5.41) is 3.36. The van der Waals surface area contributed by atoms with Crippen LogP contribution in [-0.4, -0.2) is 37.4 Å². The predicted molar refractivity (Wildman–Crippen MR) is 111 cm³/mol. The number of carbonyl (C=O) groups excluding carboxylic acids is 1. The molecule has 0 aromatic heterocycles. The van der Waals surface area contributed by atoms with Crippen molar-refractivity contribution in [2.24, 2.45) is 5.92 Å². The molecule has 0 heterocycles. The molecule has 6 heteroatoms. The molecule has 1 aromatic carbocycles. The highest BCUT2D eigenvalue weighted by atomic mass is 35.5. The van der Waals surface area contributed by atoms with Gasteiger partial charge >= 0.3 is 0 Å². The number of halogens is 1. The second kappa shape index (κ2) is 10.3. The summed E-state index contributed by atoms with van der Waals surface area (Å²) in [5.41, 5.74) is -0.513. The molecule has 1 atom stereocenters. The Kier molecular flexibility index (Phi) is 9.06. The number of carbonyl (C=O) groups is 1. The van der Waals surface area contributed by atoms with E-state index >= 15 is 0 Å². The summed E-state index contributed by atoms with van der Waals surface area (Å²) in [7, 11) is 1.68. The van der Waals surface area contributed by atoms with Crippen molar-refractivity contribution >= 4 is 23.2 Å². The summed E-state index contributed by atoms with van der Waals surface area (Å²) in [6.07, 6.45) is 1.37. The van der Waals surface area contributed by atoms with E-state index in [2.05, 4.69) is 19.2 Å². The number of hydrogen-bond acceptors (Lipinski definition) is 4. The molecule has 0 saturated carbocycles. The lowest BCUT2D eigenvalue weighted by Gasteiger charge is -2.30. The summed E-state index contributed by atoms with van der Waals surface area (Å²) in [4.78, 5) is 12.7. The second-order valence-corrected chi connectivity index (χ2v) is 8.33. The van der Waals surface area contributed by atoms with Crippen LogP contribution in [0.25, 0.3) is 0 Å². The highest BCUT2D eigenvalue weighted by Gasteiger charge is 2.34. The Labute approximate surface area is 168 Å². The van der Waals surface area contributed by atoms with E-state index in [9.17, 15) is 4.79 Å². The van der Waals surface area contributed by atoms with Gasteiger partial charge in [-0.15, -0.1) is 0 Å². The maximum atomic E-state index is 12.7. The number of anilines is 1. The molecular formula is C21H34ClNO4. The summed E-state index contributed by atoms with van der Waals surface area (Å²) in [5.74, 6) is 0.740. The monoisotopic (exact) mass is 399 g/mol. The lowest BCUT2D eigenvalue weighted by atomic mass is 9.93. The Bertz CT molecular complexity index is 618. The highest BCUT2D eigenvalue weighted by Crippen LogP contribution is 2.30. The number of rotatable bonds is 11. The van der Waals surface area contributed by atoms with Crippen molar-refractivity contribution < 1.29 is 19.0 Å². The normalized spacial score (nSPS) is 14.1. The van der Waals surface area contributed by atoms with Crippen LogP contribution < -0.4 is 10.1 Å². The number of amides is 1. The van der Waals surface area contributed by atoms with Gasteiger partial charge in [-0.05, 0) is 58.2 Å². The van der Waals surface area contributed by atoms with Crippen LogP contribution in [0.15, 0.2) is 18.2 Å². The van der Waals surface area contributed by atoms with E-state index in [4.69, 9.17) is 25.8 Å². The minimum atomic E-state index is -0.879. The molecule has 0 spiro atoms. The van der Waals surface area contributed by atoms with Crippen LogP contribution >= 0.6 is 11.6 Å². The first-order valence-electron chi connectivity index (χ1n) is 9.46. The lowest BCUT2D eigenvalue weighted by Crippen LogP contribution is -2.43. The zero-order valence-electron chi connectivity index (χ0n) is 17.6. The summed E-state index contributed by atoms with van der Waals surface area (Å²) in [6, 6.07) is 5.23. The average molecular weight is 400 g/mol. The smallest absolute Gasteiger partial charge is 0.256 e. The summed E-state index contributed by atoms with van der Waals surface area (Å²) < 4.78 is 16.9. The van der Waals surface area contributed by atoms with E-state index in [0.717, 1.165) is 6.42 Å². The molecule has 27 heavy (non-hydrogen) atoms. The molecule has 0 radical (unpaired) electrons. The van der Waals surface area contributed by atoms with Crippen LogP contribution in [0.3, 0.4) is 0 Å². The van der Waals surface area contributed by atoms with Gasteiger partial charge < -0.3 is 19.5 Å². The number of hydrogen-bond donors (Lipinski definition) is 1. The van der Waals surface area contributed by atoms with Gasteiger partial charge in [0.15, 0.2) is 0 Å². The fraction of sp³-hybridized carbons (Fsp3) is 0.667. The van der Waals surface area contributed by atoms with Gasteiger partial charge in [0.2, 0.25) is 0 Å². The first-order chi connectivity index (χ1) is 12.5. The van der Waals surface area contributed by atoms with E-state index in [1.807, 2.05) is 27.7 Å². The van der Waals surface area contributed by atoms with Crippen molar-refractivity contribution in [3.63, 3.8) is 0 Å². The summed E-state index contributed by atoms with van der Waals surface area (Å²) in [6.45, 7) is 12.8. The molecule has 154 valence electrons. The standard InChI is InChI=1S/C21H34ClNO4/c1-8-27-21(6,14-15(2)3)19(24)23-16-9-10-18(17(22)13-16)26-12-11-20(4,5)25-7/h9-10,13,15H,8,11-12,14H2,1-7H3,(H,23,24)/t21-/m1/s1. The summed E-state index contributed by atoms with van der Waals surface area (Å²) >= 11 is 6.32. The topological polar surface area (TPSA) is 56.8 Å². The van der Waals surface area contributed by atoms with Crippen LogP contribution in [0.4, 0.5) is 5.69 Å². The Hall–Kier alpha value is -1.30. The molecular weight excluding hydrogens is 366 g/mol. The maximum Gasteiger partial charge on any atom is 0.256 e. The van der Waals surface area contributed by atoms with Crippen molar-refractivity contribution in [1.29, 1.82) is 0 Å². The Morgan fingerprint density at radius 1 is 1.26 bits per heavy atom. The van der Waals surface area contributed by atoms with Gasteiger partial charge in [0.1, 0.15) is 11.4 Å². The Morgan fingerprint density at radius 2 is 1.93 bits per heavy atom. The third kappa shape index (κ3) is 7.68. The average Bonchev–Trinajstić information content (AvgIpc) is 2.56. The fourth-order valence-corrected chi connectivity index (χ4v) is 3.02. The molecule has 1 aromatic rings. The van der Waals surface area contributed by atoms with Crippen LogP contribution in [0.1, 0.15) is 54.4 Å². The zero-order chi connectivity index (χ0) is 20.7. The number of nitrogens with one attached hydrogen (secondary N) is 1. The van der Waals surface area contributed by atoms with Crippen molar-refractivity contribution in [2.75, 3.05) is 25.6 Å². The molecule has 5 nitrogen and oxygen atoms in total. The Morgan fingerprint density at radius 3 is 2.44 bits per heavy atom. The molecule has 0 aliphatic heterocycles. The van der Waals surface area contributed by atoms with E-state index in [0.29, 0.717) is 42.0 Å². The van der Waals surface area contributed by atoms with Crippen LogP contribution in [0.5, 0.6) is 5.75 Å². The first kappa shape index (κ1) is 23.7. The van der Waals surface area contributed by atoms with Crippen molar-refractivity contribution in [3.8, 4) is 5.75 Å². The van der Waals surface area contributed by atoms with E-state index in [1.54, 1.807) is 25.3 Å². The lowest BCUT2D eigenvalue weighted by molar-refractivity contribution is -0.140. The van der Waals surface area contributed by atoms with Crippen LogP contribution in [0, 0.1) is 5.92 Å². The van der Waals surface area contributed by atoms with Gasteiger partial charge in [-0.1, -0.05) is 25.4 Å². The van der Waals surface area contributed by atoms with E-state index < -0.39 is 5.60 Å². The Balaban J connectivity index is 2.76.